The number of hydrogen-bond donors (Lipinski definition) is 2. The first-order valence-electron chi connectivity index (χ1n) is 5.14. The van der Waals surface area contributed by atoms with Crippen molar-refractivity contribution < 1.29 is 4.79 Å². The normalized spacial score (nSPS) is 22.3. The molecular formula is C10H14BrN3OS. The summed E-state index contributed by atoms with van der Waals surface area (Å²) in [6.45, 7) is 3.16. The molecule has 0 radical (unpaired) electrons. The van der Waals surface area contributed by atoms with Crippen LogP contribution in [0.2, 0.25) is 0 Å². The first-order valence-corrected chi connectivity index (χ1v) is 6.75. The number of nitrogens with zero attached hydrogens (tertiary/aromatic N) is 1. The summed E-state index contributed by atoms with van der Waals surface area (Å²) >= 11 is 5.08. The summed E-state index contributed by atoms with van der Waals surface area (Å²) in [5, 5.41) is 2.97. The molecule has 88 valence electrons. The smallest absolute Gasteiger partial charge is 0.318 e. The molecule has 2 heterocycles. The van der Waals surface area contributed by atoms with Crippen molar-refractivity contribution in [1.29, 1.82) is 0 Å². The lowest BCUT2D eigenvalue weighted by molar-refractivity contribution is 0.203. The Morgan fingerprint density at radius 3 is 3.06 bits per heavy atom. The molecule has 1 aliphatic rings. The Morgan fingerprint density at radius 1 is 1.75 bits per heavy atom. The van der Waals surface area contributed by atoms with Gasteiger partial charge >= 0.3 is 6.03 Å². The Kier molecular flexibility index (Phi) is 3.51. The van der Waals surface area contributed by atoms with Crippen LogP contribution in [0.5, 0.6) is 0 Å². The lowest BCUT2D eigenvalue weighted by Gasteiger charge is -2.21. The maximum absolute atomic E-state index is 11.7. The van der Waals surface area contributed by atoms with Crippen LogP contribution in [0.15, 0.2) is 15.9 Å². The second-order valence-corrected chi connectivity index (χ2v) is 6.38. The van der Waals surface area contributed by atoms with Crippen molar-refractivity contribution >= 4 is 33.3 Å². The van der Waals surface area contributed by atoms with Gasteiger partial charge in [-0.05, 0) is 35.0 Å². The van der Waals surface area contributed by atoms with Crippen molar-refractivity contribution in [2.45, 2.75) is 19.0 Å². The Hall–Kier alpha value is -0.590. The largest absolute Gasteiger partial charge is 0.329 e. The average Bonchev–Trinajstić information content (AvgIpc) is 2.83. The van der Waals surface area contributed by atoms with Gasteiger partial charge in [0.2, 0.25) is 0 Å². The van der Waals surface area contributed by atoms with Gasteiger partial charge in [-0.25, -0.2) is 4.79 Å². The lowest BCUT2D eigenvalue weighted by atomic mass is 10.2. The molecule has 6 heteroatoms. The predicted octanol–water partition coefficient (Wildman–Crippen LogP) is 1.92. The van der Waals surface area contributed by atoms with Crippen LogP contribution < -0.4 is 11.1 Å². The summed E-state index contributed by atoms with van der Waals surface area (Å²) in [7, 11) is 0. The fourth-order valence-electron chi connectivity index (χ4n) is 1.74. The molecule has 2 atom stereocenters. The topological polar surface area (TPSA) is 58.4 Å². The minimum absolute atomic E-state index is 0.0209. The molecule has 4 nitrogen and oxygen atoms in total. The van der Waals surface area contributed by atoms with Gasteiger partial charge in [0.15, 0.2) is 0 Å². The SMILES string of the molecule is CC(CN)N1CC(c2ccc(Br)s2)NC1=O. The van der Waals surface area contributed by atoms with E-state index in [0.29, 0.717) is 13.1 Å². The molecule has 1 fully saturated rings. The van der Waals surface area contributed by atoms with Gasteiger partial charge in [-0.2, -0.15) is 0 Å². The molecule has 2 rings (SSSR count). The van der Waals surface area contributed by atoms with Crippen molar-refractivity contribution in [2.24, 2.45) is 5.73 Å². The molecule has 0 bridgehead atoms. The predicted molar refractivity (Wildman–Crippen MR) is 68.5 cm³/mol. The fourth-order valence-corrected chi connectivity index (χ4v) is 3.21. The number of nitrogens with one attached hydrogen (secondary N) is 1. The van der Waals surface area contributed by atoms with Crippen LogP contribution in [0.1, 0.15) is 17.8 Å². The van der Waals surface area contributed by atoms with Crippen LogP contribution in [0.25, 0.3) is 0 Å². The fraction of sp³-hybridized carbons (Fsp3) is 0.500. The highest BCUT2D eigenvalue weighted by atomic mass is 79.9. The highest BCUT2D eigenvalue weighted by Gasteiger charge is 2.32. The van der Waals surface area contributed by atoms with Crippen LogP contribution in [0, 0.1) is 0 Å². The zero-order valence-corrected chi connectivity index (χ0v) is 11.3. The summed E-state index contributed by atoms with van der Waals surface area (Å²) < 4.78 is 1.09. The van der Waals surface area contributed by atoms with E-state index in [1.165, 1.54) is 4.88 Å². The molecule has 0 saturated carbocycles. The molecule has 0 aliphatic carbocycles. The number of nitrogens with two attached hydrogens (primary N) is 1. The molecule has 3 N–H and O–H groups in total. The maximum Gasteiger partial charge on any atom is 0.318 e. The first-order chi connectivity index (χ1) is 7.61. The maximum atomic E-state index is 11.7. The summed E-state index contributed by atoms with van der Waals surface area (Å²) in [4.78, 5) is 14.7. The van der Waals surface area contributed by atoms with E-state index in [2.05, 4.69) is 21.2 Å². The van der Waals surface area contributed by atoms with E-state index >= 15 is 0 Å². The number of halogens is 1. The van der Waals surface area contributed by atoms with Crippen molar-refractivity contribution in [2.75, 3.05) is 13.1 Å². The quantitative estimate of drug-likeness (QED) is 0.896. The molecule has 2 unspecified atom stereocenters. The van der Waals surface area contributed by atoms with Crippen LogP contribution in [-0.4, -0.2) is 30.1 Å². The number of urea groups is 1. The van der Waals surface area contributed by atoms with Gasteiger partial charge in [0.25, 0.3) is 0 Å². The van der Waals surface area contributed by atoms with Crippen molar-refractivity contribution in [3.8, 4) is 0 Å². The summed E-state index contributed by atoms with van der Waals surface area (Å²) in [5.41, 5.74) is 5.58. The Labute approximate surface area is 107 Å². The van der Waals surface area contributed by atoms with Gasteiger partial charge in [-0.3, -0.25) is 0 Å². The van der Waals surface area contributed by atoms with Gasteiger partial charge in [-0.1, -0.05) is 0 Å². The van der Waals surface area contributed by atoms with Gasteiger partial charge in [-0.15, -0.1) is 11.3 Å². The third-order valence-corrected chi connectivity index (χ3v) is 4.49. The van der Waals surface area contributed by atoms with Crippen LogP contribution in [0.3, 0.4) is 0 Å². The molecule has 0 aromatic carbocycles. The second-order valence-electron chi connectivity index (χ2n) is 3.88. The lowest BCUT2D eigenvalue weighted by Crippen LogP contribution is -2.40. The zero-order chi connectivity index (χ0) is 11.7. The van der Waals surface area contributed by atoms with Gasteiger partial charge in [0.1, 0.15) is 0 Å². The minimum Gasteiger partial charge on any atom is -0.329 e. The van der Waals surface area contributed by atoms with E-state index in [4.69, 9.17) is 5.73 Å². The van der Waals surface area contributed by atoms with E-state index in [9.17, 15) is 4.79 Å². The summed E-state index contributed by atoms with van der Waals surface area (Å²) in [5.74, 6) is 0. The Bertz CT molecular complexity index is 395. The van der Waals surface area contributed by atoms with E-state index in [0.717, 1.165) is 3.79 Å². The van der Waals surface area contributed by atoms with Crippen LogP contribution in [0.4, 0.5) is 4.79 Å². The molecule has 16 heavy (non-hydrogen) atoms. The third kappa shape index (κ3) is 2.23. The molecule has 1 aromatic rings. The second kappa shape index (κ2) is 4.73. The number of rotatable bonds is 3. The summed E-state index contributed by atoms with van der Waals surface area (Å²) in [6.07, 6.45) is 0. The monoisotopic (exact) mass is 303 g/mol. The molecule has 2 amide bonds. The molecule has 1 aliphatic heterocycles. The van der Waals surface area contributed by atoms with E-state index in [1.54, 1.807) is 16.2 Å². The van der Waals surface area contributed by atoms with E-state index in [-0.39, 0.29) is 18.1 Å². The summed E-state index contributed by atoms with van der Waals surface area (Å²) in [6, 6.07) is 4.20. The number of thiophene rings is 1. The number of hydrogen-bond acceptors (Lipinski definition) is 3. The van der Waals surface area contributed by atoms with Gasteiger partial charge < -0.3 is 16.0 Å². The highest BCUT2D eigenvalue weighted by molar-refractivity contribution is 9.11. The first kappa shape index (κ1) is 11.9. The molecule has 0 spiro atoms. The minimum atomic E-state index is -0.0209. The van der Waals surface area contributed by atoms with Gasteiger partial charge in [0.05, 0.1) is 9.83 Å². The van der Waals surface area contributed by atoms with Crippen LogP contribution in [-0.2, 0) is 0 Å². The van der Waals surface area contributed by atoms with E-state index < -0.39 is 0 Å². The molecule has 1 saturated heterocycles. The number of amides is 2. The number of carbonyl (C=O) groups excluding carboxylic acids is 1. The molecular weight excluding hydrogens is 290 g/mol. The molecule has 1 aromatic heterocycles. The Morgan fingerprint density at radius 2 is 2.50 bits per heavy atom. The zero-order valence-electron chi connectivity index (χ0n) is 8.94. The van der Waals surface area contributed by atoms with Gasteiger partial charge in [0, 0.05) is 24.0 Å². The van der Waals surface area contributed by atoms with Crippen molar-refractivity contribution in [3.05, 3.63) is 20.8 Å². The standard InChI is InChI=1S/C10H14BrN3OS/c1-6(4-12)14-5-7(13-10(14)15)8-2-3-9(11)16-8/h2-3,6-7H,4-5,12H2,1H3,(H,13,15). The highest BCUT2D eigenvalue weighted by Crippen LogP contribution is 2.30. The average molecular weight is 304 g/mol. The Balaban J connectivity index is 2.09. The number of carbonyl (C=O) groups is 1. The third-order valence-electron chi connectivity index (χ3n) is 2.75. The van der Waals surface area contributed by atoms with Crippen molar-refractivity contribution in [3.63, 3.8) is 0 Å². The van der Waals surface area contributed by atoms with Crippen molar-refractivity contribution in [1.82, 2.24) is 10.2 Å². The van der Waals surface area contributed by atoms with E-state index in [1.807, 2.05) is 19.1 Å². The van der Waals surface area contributed by atoms with Crippen LogP contribution >= 0.6 is 27.3 Å².